The Morgan fingerprint density at radius 2 is 1.55 bits per heavy atom. The zero-order chi connectivity index (χ0) is 15.3. The Bertz CT molecular complexity index is 828. The lowest BCUT2D eigenvalue weighted by Gasteiger charge is -2.27. The summed E-state index contributed by atoms with van der Waals surface area (Å²) in [5, 5.41) is 1.43. The molecule has 4 heteroatoms. The molecule has 2 bridgehead atoms. The lowest BCUT2D eigenvalue weighted by Crippen LogP contribution is -2.36. The highest BCUT2D eigenvalue weighted by Crippen LogP contribution is 2.42. The van der Waals surface area contributed by atoms with E-state index in [4.69, 9.17) is 0 Å². The lowest BCUT2D eigenvalue weighted by atomic mass is 9.88. The van der Waals surface area contributed by atoms with Gasteiger partial charge >= 0.3 is 0 Å². The summed E-state index contributed by atoms with van der Waals surface area (Å²) in [6, 6.07) is 13.6. The summed E-state index contributed by atoms with van der Waals surface area (Å²) in [5.74, 6) is -0.0320. The second-order valence-electron chi connectivity index (χ2n) is 6.47. The fraction of sp³-hybridized carbons (Fsp3) is 0.389. The Kier molecular flexibility index (Phi) is 3.12. The van der Waals surface area contributed by atoms with Gasteiger partial charge in [-0.15, -0.1) is 0 Å². The zero-order valence-corrected chi connectivity index (χ0v) is 13.1. The minimum atomic E-state index is -2.97. The molecule has 114 valence electrons. The number of ketones is 1. The van der Waals surface area contributed by atoms with Crippen molar-refractivity contribution in [3.05, 3.63) is 48.0 Å². The van der Waals surface area contributed by atoms with E-state index in [1.165, 1.54) is 0 Å². The summed E-state index contributed by atoms with van der Waals surface area (Å²) in [6.45, 7) is 0. The van der Waals surface area contributed by atoms with E-state index in [1.54, 1.807) is 0 Å². The van der Waals surface area contributed by atoms with Crippen molar-refractivity contribution in [2.24, 2.45) is 5.92 Å². The van der Waals surface area contributed by atoms with Crippen LogP contribution in [0.25, 0.3) is 10.8 Å². The van der Waals surface area contributed by atoms with E-state index in [9.17, 15) is 13.2 Å². The molecule has 0 radical (unpaired) electrons. The Morgan fingerprint density at radius 1 is 0.909 bits per heavy atom. The van der Waals surface area contributed by atoms with Crippen LogP contribution in [0.1, 0.15) is 36.0 Å². The molecule has 4 rings (SSSR count). The van der Waals surface area contributed by atoms with Gasteiger partial charge < -0.3 is 0 Å². The molecule has 2 atom stereocenters. The van der Waals surface area contributed by atoms with Crippen LogP contribution in [0.5, 0.6) is 0 Å². The third-order valence-corrected chi connectivity index (χ3v) is 7.98. The van der Waals surface area contributed by atoms with Gasteiger partial charge in [0.05, 0.1) is 10.5 Å². The van der Waals surface area contributed by atoms with E-state index >= 15 is 0 Å². The standard InChI is InChI=1S/C18H18O3S/c19-18(13-10-14-8-9-15(11-13)22(14,20)21)17-7-3-5-12-4-1-2-6-16(12)17/h1-7,13-15H,8-11H2. The molecule has 2 aromatic rings. The number of carbonyl (C=O) groups is 1. The predicted molar refractivity (Wildman–Crippen MR) is 86.7 cm³/mol. The number of sulfone groups is 1. The summed E-state index contributed by atoms with van der Waals surface area (Å²) in [4.78, 5) is 12.9. The van der Waals surface area contributed by atoms with Crippen LogP contribution in [0.4, 0.5) is 0 Å². The van der Waals surface area contributed by atoms with Gasteiger partial charge in [-0.3, -0.25) is 4.79 Å². The predicted octanol–water partition coefficient (Wildman–Crippen LogP) is 3.38. The molecule has 2 aromatic carbocycles. The summed E-state index contributed by atoms with van der Waals surface area (Å²) in [7, 11) is -2.97. The molecule has 0 aromatic heterocycles. The third kappa shape index (κ3) is 2.01. The topological polar surface area (TPSA) is 51.2 Å². The summed E-state index contributed by atoms with van der Waals surface area (Å²) < 4.78 is 24.4. The van der Waals surface area contributed by atoms with Crippen LogP contribution in [0.2, 0.25) is 0 Å². The fourth-order valence-corrected chi connectivity index (χ4v) is 6.56. The van der Waals surface area contributed by atoms with Crippen LogP contribution in [0.15, 0.2) is 42.5 Å². The Hall–Kier alpha value is -1.68. The van der Waals surface area contributed by atoms with Crippen molar-refractivity contribution < 1.29 is 13.2 Å². The molecular formula is C18H18O3S. The van der Waals surface area contributed by atoms with E-state index in [1.807, 2.05) is 42.5 Å². The number of fused-ring (bicyclic) bond motifs is 3. The van der Waals surface area contributed by atoms with Gasteiger partial charge in [0.15, 0.2) is 15.6 Å². The normalized spacial score (nSPS) is 29.5. The number of rotatable bonds is 2. The molecular weight excluding hydrogens is 296 g/mol. The quantitative estimate of drug-likeness (QED) is 0.799. The summed E-state index contributed by atoms with van der Waals surface area (Å²) in [5.41, 5.74) is 0.738. The third-order valence-electron chi connectivity index (χ3n) is 5.26. The smallest absolute Gasteiger partial charge is 0.166 e. The van der Waals surface area contributed by atoms with Crippen molar-refractivity contribution in [3.63, 3.8) is 0 Å². The minimum Gasteiger partial charge on any atom is -0.294 e. The van der Waals surface area contributed by atoms with Gasteiger partial charge in [-0.1, -0.05) is 42.5 Å². The molecule has 0 amide bonds. The van der Waals surface area contributed by atoms with Crippen LogP contribution in [-0.2, 0) is 9.84 Å². The van der Waals surface area contributed by atoms with Crippen molar-refractivity contribution in [1.82, 2.24) is 0 Å². The van der Waals surface area contributed by atoms with Crippen molar-refractivity contribution >= 4 is 26.4 Å². The van der Waals surface area contributed by atoms with Crippen molar-refractivity contribution in [2.75, 3.05) is 0 Å². The molecule has 2 heterocycles. The minimum absolute atomic E-state index is 0.114. The van der Waals surface area contributed by atoms with E-state index in [0.717, 1.165) is 29.2 Å². The molecule has 0 N–H and O–H groups in total. The maximum absolute atomic E-state index is 12.9. The maximum Gasteiger partial charge on any atom is 0.166 e. The van der Waals surface area contributed by atoms with Gasteiger partial charge in [-0.2, -0.15) is 0 Å². The Balaban J connectivity index is 1.71. The number of benzene rings is 2. The van der Waals surface area contributed by atoms with E-state index in [0.29, 0.717) is 12.8 Å². The molecule has 2 saturated heterocycles. The summed E-state index contributed by atoms with van der Waals surface area (Å²) in [6.07, 6.45) is 2.46. The van der Waals surface area contributed by atoms with Crippen LogP contribution in [0, 0.1) is 5.92 Å². The van der Waals surface area contributed by atoms with Gasteiger partial charge in [-0.25, -0.2) is 8.42 Å². The first-order valence-electron chi connectivity index (χ1n) is 7.82. The molecule has 2 aliphatic rings. The number of hydrogen-bond donors (Lipinski definition) is 0. The van der Waals surface area contributed by atoms with Crippen molar-refractivity contribution in [1.29, 1.82) is 0 Å². The van der Waals surface area contributed by atoms with E-state index < -0.39 is 9.84 Å². The first-order chi connectivity index (χ1) is 10.6. The zero-order valence-electron chi connectivity index (χ0n) is 12.2. The Labute approximate surface area is 130 Å². The molecule has 0 spiro atoms. The molecule has 22 heavy (non-hydrogen) atoms. The lowest BCUT2D eigenvalue weighted by molar-refractivity contribution is 0.0907. The number of hydrogen-bond acceptors (Lipinski definition) is 3. The van der Waals surface area contributed by atoms with E-state index in [-0.39, 0.29) is 22.2 Å². The van der Waals surface area contributed by atoms with E-state index in [2.05, 4.69) is 0 Å². The maximum atomic E-state index is 12.9. The SMILES string of the molecule is O=C(c1cccc2ccccc12)C1CC2CCC(C1)S2(=O)=O. The second-order valence-corrected chi connectivity index (χ2v) is 8.98. The van der Waals surface area contributed by atoms with Crippen LogP contribution in [-0.4, -0.2) is 24.7 Å². The van der Waals surface area contributed by atoms with Crippen LogP contribution < -0.4 is 0 Å². The number of Topliss-reactive ketones (excluding diaryl/α,β-unsaturated/α-hetero) is 1. The van der Waals surface area contributed by atoms with Gasteiger partial charge in [0.1, 0.15) is 0 Å². The Morgan fingerprint density at radius 3 is 2.27 bits per heavy atom. The fourth-order valence-electron chi connectivity index (χ4n) is 4.08. The average Bonchev–Trinajstić information content (AvgIpc) is 2.71. The molecule has 0 saturated carbocycles. The first kappa shape index (κ1) is 13.9. The second kappa shape index (κ2) is 4.92. The summed E-state index contributed by atoms with van der Waals surface area (Å²) >= 11 is 0. The molecule has 2 aliphatic heterocycles. The van der Waals surface area contributed by atoms with Gasteiger partial charge in [0.25, 0.3) is 0 Å². The highest BCUT2D eigenvalue weighted by molar-refractivity contribution is 7.93. The van der Waals surface area contributed by atoms with Crippen molar-refractivity contribution in [2.45, 2.75) is 36.2 Å². The van der Waals surface area contributed by atoms with Gasteiger partial charge in [0, 0.05) is 11.5 Å². The van der Waals surface area contributed by atoms with Gasteiger partial charge in [-0.05, 0) is 36.5 Å². The van der Waals surface area contributed by atoms with Gasteiger partial charge in [0.2, 0.25) is 0 Å². The molecule has 3 nitrogen and oxygen atoms in total. The first-order valence-corrected chi connectivity index (χ1v) is 9.43. The highest BCUT2D eigenvalue weighted by atomic mass is 32.2. The highest BCUT2D eigenvalue weighted by Gasteiger charge is 2.48. The largest absolute Gasteiger partial charge is 0.294 e. The monoisotopic (exact) mass is 314 g/mol. The molecule has 0 aliphatic carbocycles. The molecule has 2 fully saturated rings. The average molecular weight is 314 g/mol. The van der Waals surface area contributed by atoms with Crippen molar-refractivity contribution in [3.8, 4) is 0 Å². The number of carbonyl (C=O) groups excluding carboxylic acids is 1. The van der Waals surface area contributed by atoms with Crippen LogP contribution >= 0.6 is 0 Å². The molecule has 2 unspecified atom stereocenters. The van der Waals surface area contributed by atoms with Crippen LogP contribution in [0.3, 0.4) is 0 Å².